The first kappa shape index (κ1) is 16.9. The summed E-state index contributed by atoms with van der Waals surface area (Å²) in [6, 6.07) is 4.43. The molecule has 2 rings (SSSR count). The van der Waals surface area contributed by atoms with Crippen molar-refractivity contribution in [3.63, 3.8) is 0 Å². The SMILES string of the molecule is CCOc1ccc([C@H](C)NC(=O)CCc2nncn2C)cc1F. The molecule has 23 heavy (non-hydrogen) atoms. The van der Waals surface area contributed by atoms with Crippen LogP contribution < -0.4 is 10.1 Å². The third kappa shape index (κ3) is 4.51. The number of hydrogen-bond acceptors (Lipinski definition) is 4. The minimum atomic E-state index is -0.426. The summed E-state index contributed by atoms with van der Waals surface area (Å²) in [6.45, 7) is 4.02. The van der Waals surface area contributed by atoms with Crippen molar-refractivity contribution in [1.82, 2.24) is 20.1 Å². The maximum atomic E-state index is 13.9. The summed E-state index contributed by atoms with van der Waals surface area (Å²) < 4.78 is 20.8. The molecule has 0 saturated heterocycles. The van der Waals surface area contributed by atoms with Gasteiger partial charge in [0.05, 0.1) is 12.6 Å². The third-order valence-electron chi connectivity index (χ3n) is 3.51. The van der Waals surface area contributed by atoms with Crippen LogP contribution >= 0.6 is 0 Å². The molecule has 124 valence electrons. The van der Waals surface area contributed by atoms with Gasteiger partial charge in [0.25, 0.3) is 0 Å². The molecule has 0 unspecified atom stereocenters. The van der Waals surface area contributed by atoms with Crippen LogP contribution in [0.3, 0.4) is 0 Å². The second-order valence-electron chi connectivity index (χ2n) is 5.27. The first-order valence-corrected chi connectivity index (χ1v) is 7.55. The van der Waals surface area contributed by atoms with Crippen LogP contribution in [0, 0.1) is 5.82 Å². The molecule has 0 spiro atoms. The summed E-state index contributed by atoms with van der Waals surface area (Å²) in [5.41, 5.74) is 0.693. The minimum Gasteiger partial charge on any atom is -0.491 e. The number of nitrogens with one attached hydrogen (secondary N) is 1. The smallest absolute Gasteiger partial charge is 0.220 e. The number of amides is 1. The topological polar surface area (TPSA) is 69.0 Å². The van der Waals surface area contributed by atoms with Crippen LogP contribution in [0.1, 0.15) is 37.7 Å². The van der Waals surface area contributed by atoms with E-state index < -0.39 is 5.82 Å². The molecule has 0 saturated carbocycles. The van der Waals surface area contributed by atoms with Gasteiger partial charge in [-0.25, -0.2) is 4.39 Å². The van der Waals surface area contributed by atoms with Crippen LogP contribution in [-0.4, -0.2) is 27.3 Å². The van der Waals surface area contributed by atoms with Gasteiger partial charge in [-0.1, -0.05) is 6.07 Å². The normalized spacial score (nSPS) is 12.0. The van der Waals surface area contributed by atoms with Gasteiger partial charge in [-0.2, -0.15) is 0 Å². The van der Waals surface area contributed by atoms with Crippen LogP contribution in [-0.2, 0) is 18.3 Å². The average Bonchev–Trinajstić information content (AvgIpc) is 2.92. The lowest BCUT2D eigenvalue weighted by molar-refractivity contribution is -0.121. The second-order valence-corrected chi connectivity index (χ2v) is 5.27. The Morgan fingerprint density at radius 3 is 2.87 bits per heavy atom. The van der Waals surface area contributed by atoms with Crippen LogP contribution in [0.2, 0.25) is 0 Å². The summed E-state index contributed by atoms with van der Waals surface area (Å²) >= 11 is 0. The summed E-state index contributed by atoms with van der Waals surface area (Å²) in [5.74, 6) is 0.427. The first-order valence-electron chi connectivity index (χ1n) is 7.55. The van der Waals surface area contributed by atoms with Crippen molar-refractivity contribution in [2.24, 2.45) is 7.05 Å². The van der Waals surface area contributed by atoms with Crippen molar-refractivity contribution in [3.05, 3.63) is 41.7 Å². The van der Waals surface area contributed by atoms with Crippen LogP contribution in [0.4, 0.5) is 4.39 Å². The van der Waals surface area contributed by atoms with Crippen molar-refractivity contribution in [2.45, 2.75) is 32.7 Å². The molecule has 1 aromatic heterocycles. The van der Waals surface area contributed by atoms with E-state index in [2.05, 4.69) is 15.5 Å². The van der Waals surface area contributed by atoms with Gasteiger partial charge in [0.15, 0.2) is 11.6 Å². The maximum Gasteiger partial charge on any atom is 0.220 e. The average molecular weight is 320 g/mol. The highest BCUT2D eigenvalue weighted by Crippen LogP contribution is 2.22. The van der Waals surface area contributed by atoms with Crippen molar-refractivity contribution >= 4 is 5.91 Å². The standard InChI is InChI=1S/C16H21FN4O2/c1-4-23-14-6-5-12(9-13(14)17)11(2)19-16(22)8-7-15-20-18-10-21(15)3/h5-6,9-11H,4,7-8H2,1-3H3,(H,19,22)/t11-/m0/s1. The number of benzene rings is 1. The number of carbonyl (C=O) groups excluding carboxylic acids is 1. The fraction of sp³-hybridized carbons (Fsp3) is 0.438. The molecule has 0 aliphatic carbocycles. The van der Waals surface area contributed by atoms with Crippen LogP contribution in [0.5, 0.6) is 5.75 Å². The summed E-state index contributed by atoms with van der Waals surface area (Å²) in [5, 5.41) is 10.6. The predicted molar refractivity (Wildman–Crippen MR) is 83.5 cm³/mol. The lowest BCUT2D eigenvalue weighted by Gasteiger charge is -2.15. The van der Waals surface area contributed by atoms with E-state index in [-0.39, 0.29) is 17.7 Å². The third-order valence-corrected chi connectivity index (χ3v) is 3.51. The fourth-order valence-corrected chi connectivity index (χ4v) is 2.21. The Kier molecular flexibility index (Phi) is 5.67. The monoisotopic (exact) mass is 320 g/mol. The van der Waals surface area contributed by atoms with Gasteiger partial charge in [-0.05, 0) is 31.5 Å². The van der Waals surface area contributed by atoms with Gasteiger partial charge in [-0.15, -0.1) is 10.2 Å². The molecule has 0 bridgehead atoms. The first-order chi connectivity index (χ1) is 11.0. The van der Waals surface area contributed by atoms with Crippen molar-refractivity contribution < 1.29 is 13.9 Å². The predicted octanol–water partition coefficient (Wildman–Crippen LogP) is 2.16. The Labute approximate surface area is 134 Å². The highest BCUT2D eigenvalue weighted by molar-refractivity contribution is 5.76. The molecule has 1 atom stereocenters. The maximum absolute atomic E-state index is 13.9. The number of carbonyl (C=O) groups is 1. The van der Waals surface area contributed by atoms with Crippen molar-refractivity contribution in [1.29, 1.82) is 0 Å². The van der Waals surface area contributed by atoms with E-state index in [0.717, 1.165) is 5.82 Å². The summed E-state index contributed by atoms with van der Waals surface area (Å²) in [7, 11) is 1.83. The highest BCUT2D eigenvalue weighted by Gasteiger charge is 2.13. The Hall–Kier alpha value is -2.44. The zero-order chi connectivity index (χ0) is 16.8. The van der Waals surface area contributed by atoms with Gasteiger partial charge < -0.3 is 14.6 Å². The molecular weight excluding hydrogens is 299 g/mol. The molecule has 0 radical (unpaired) electrons. The molecule has 1 heterocycles. The summed E-state index contributed by atoms with van der Waals surface area (Å²) in [4.78, 5) is 12.0. The van der Waals surface area contributed by atoms with E-state index in [1.165, 1.54) is 6.07 Å². The largest absolute Gasteiger partial charge is 0.491 e. The van der Waals surface area contributed by atoms with Gasteiger partial charge in [0, 0.05) is 19.9 Å². The molecular formula is C16H21FN4O2. The lowest BCUT2D eigenvalue weighted by Crippen LogP contribution is -2.27. The zero-order valence-electron chi connectivity index (χ0n) is 13.5. The van der Waals surface area contributed by atoms with Crippen LogP contribution in [0.25, 0.3) is 0 Å². The number of halogens is 1. The molecule has 6 nitrogen and oxygen atoms in total. The molecule has 2 aromatic rings. The molecule has 1 amide bonds. The van der Waals surface area contributed by atoms with Gasteiger partial charge in [-0.3, -0.25) is 4.79 Å². The summed E-state index contributed by atoms with van der Waals surface area (Å²) in [6.07, 6.45) is 2.40. The van der Waals surface area contributed by atoms with Crippen molar-refractivity contribution in [2.75, 3.05) is 6.61 Å². The molecule has 0 aliphatic heterocycles. The Balaban J connectivity index is 1.90. The van der Waals surface area contributed by atoms with E-state index in [4.69, 9.17) is 4.74 Å². The van der Waals surface area contributed by atoms with Gasteiger partial charge in [0.2, 0.25) is 5.91 Å². The number of aromatic nitrogens is 3. The number of rotatable bonds is 7. The molecule has 7 heteroatoms. The van der Waals surface area contributed by atoms with E-state index in [1.807, 2.05) is 14.0 Å². The van der Waals surface area contributed by atoms with Gasteiger partial charge >= 0.3 is 0 Å². The molecule has 0 aliphatic rings. The Morgan fingerprint density at radius 2 is 2.26 bits per heavy atom. The van der Waals surface area contributed by atoms with Gasteiger partial charge in [0.1, 0.15) is 12.2 Å². The number of ether oxygens (including phenoxy) is 1. The second kappa shape index (κ2) is 7.71. The van der Waals surface area contributed by atoms with E-state index in [1.54, 1.807) is 30.0 Å². The van der Waals surface area contributed by atoms with Crippen molar-refractivity contribution in [3.8, 4) is 5.75 Å². The molecule has 0 fully saturated rings. The van der Waals surface area contributed by atoms with E-state index in [0.29, 0.717) is 25.0 Å². The molecule has 1 aromatic carbocycles. The lowest BCUT2D eigenvalue weighted by atomic mass is 10.1. The Bertz CT molecular complexity index is 672. The molecule has 1 N–H and O–H groups in total. The zero-order valence-corrected chi connectivity index (χ0v) is 13.5. The van der Waals surface area contributed by atoms with E-state index >= 15 is 0 Å². The van der Waals surface area contributed by atoms with Crippen LogP contribution in [0.15, 0.2) is 24.5 Å². The minimum absolute atomic E-state index is 0.116. The van der Waals surface area contributed by atoms with E-state index in [9.17, 15) is 9.18 Å². The fourth-order valence-electron chi connectivity index (χ4n) is 2.21. The quantitative estimate of drug-likeness (QED) is 0.849. The number of aryl methyl sites for hydroxylation is 2. The number of hydrogen-bond donors (Lipinski definition) is 1. The Morgan fingerprint density at radius 1 is 1.48 bits per heavy atom. The highest BCUT2D eigenvalue weighted by atomic mass is 19.1. The number of nitrogens with zero attached hydrogens (tertiary/aromatic N) is 3.